The van der Waals surface area contributed by atoms with E-state index in [2.05, 4.69) is 33.7 Å². The van der Waals surface area contributed by atoms with E-state index in [-0.39, 0.29) is 18.2 Å². The number of nitrogens with one attached hydrogen (secondary N) is 2. The molecule has 0 radical (unpaired) electrons. The second-order valence-corrected chi connectivity index (χ2v) is 7.08. The van der Waals surface area contributed by atoms with Gasteiger partial charge >= 0.3 is 0 Å². The average molecular weight is 359 g/mol. The number of hydrogen-bond acceptors (Lipinski definition) is 3. The molecule has 0 saturated heterocycles. The Morgan fingerprint density at radius 1 is 1.04 bits per heavy atom. The predicted octanol–water partition coefficient (Wildman–Crippen LogP) is 3.58. The lowest BCUT2D eigenvalue weighted by Crippen LogP contribution is -2.14. The average Bonchev–Trinajstić information content (AvgIpc) is 3.00. The van der Waals surface area contributed by atoms with Crippen LogP contribution in [0, 0.1) is 0 Å². The van der Waals surface area contributed by atoms with Crippen LogP contribution < -0.4 is 15.5 Å². The number of carbonyl (C=O) groups excluding carboxylic acids is 2. The minimum absolute atomic E-state index is 0.000175. The van der Waals surface area contributed by atoms with Gasteiger partial charge < -0.3 is 15.5 Å². The Balaban J connectivity index is 1.47. The van der Waals surface area contributed by atoms with E-state index in [1.165, 1.54) is 0 Å². The van der Waals surface area contributed by atoms with Gasteiger partial charge in [-0.05, 0) is 52.2 Å². The summed E-state index contributed by atoms with van der Waals surface area (Å²) in [7, 11) is 4.03. The smallest absolute Gasteiger partial charge is 0.228 e. The first-order valence-corrected chi connectivity index (χ1v) is 8.90. The van der Waals surface area contributed by atoms with Crippen LogP contribution in [0.5, 0.6) is 0 Å². The monoisotopic (exact) mass is 359 g/mol. The van der Waals surface area contributed by atoms with Crippen LogP contribution in [0.4, 0.5) is 17.1 Å². The number of hydrogen-bond donors (Lipinski definition) is 2. The summed E-state index contributed by atoms with van der Waals surface area (Å²) in [5.74, 6) is -0.0799. The Bertz CT molecular complexity index is 1060. The van der Waals surface area contributed by atoms with Crippen molar-refractivity contribution in [2.75, 3.05) is 29.6 Å². The van der Waals surface area contributed by atoms with Crippen LogP contribution in [0.15, 0.2) is 54.6 Å². The Hall–Kier alpha value is -3.34. The molecule has 0 unspecified atom stereocenters. The van der Waals surface area contributed by atoms with Crippen LogP contribution in [0.3, 0.4) is 0 Å². The summed E-state index contributed by atoms with van der Waals surface area (Å²) in [6.07, 6.45) is 0.676. The van der Waals surface area contributed by atoms with Crippen molar-refractivity contribution in [3.8, 4) is 0 Å². The fourth-order valence-corrected chi connectivity index (χ4v) is 3.35. The molecule has 1 heterocycles. The maximum atomic E-state index is 12.4. The van der Waals surface area contributed by atoms with Gasteiger partial charge in [0.05, 0.1) is 12.8 Å². The van der Waals surface area contributed by atoms with Gasteiger partial charge in [0.25, 0.3) is 0 Å². The Labute approximate surface area is 158 Å². The zero-order valence-corrected chi connectivity index (χ0v) is 15.4. The summed E-state index contributed by atoms with van der Waals surface area (Å²) in [6, 6.07) is 17.9. The highest BCUT2D eigenvalue weighted by molar-refractivity contribution is 6.00. The van der Waals surface area contributed by atoms with Gasteiger partial charge in [-0.25, -0.2) is 0 Å². The van der Waals surface area contributed by atoms with E-state index in [0.717, 1.165) is 39.0 Å². The molecule has 0 aromatic heterocycles. The predicted molar refractivity (Wildman–Crippen MR) is 109 cm³/mol. The van der Waals surface area contributed by atoms with Gasteiger partial charge in [0, 0.05) is 31.2 Å². The first kappa shape index (κ1) is 17.1. The Kier molecular flexibility index (Phi) is 4.28. The van der Waals surface area contributed by atoms with Gasteiger partial charge in [-0.2, -0.15) is 0 Å². The normalized spacial score (nSPS) is 12.6. The summed E-state index contributed by atoms with van der Waals surface area (Å²) in [5.41, 5.74) is 4.59. The Morgan fingerprint density at radius 3 is 2.63 bits per heavy atom. The number of fused-ring (bicyclic) bond motifs is 2. The molecule has 5 nitrogen and oxygen atoms in total. The van der Waals surface area contributed by atoms with Gasteiger partial charge in [0.2, 0.25) is 11.8 Å². The molecule has 2 amide bonds. The summed E-state index contributed by atoms with van der Waals surface area (Å²) in [5, 5.41) is 7.99. The molecule has 27 heavy (non-hydrogen) atoms. The van der Waals surface area contributed by atoms with Crippen molar-refractivity contribution in [2.24, 2.45) is 0 Å². The van der Waals surface area contributed by atoms with Crippen LogP contribution in [0.2, 0.25) is 0 Å². The maximum absolute atomic E-state index is 12.4. The lowest BCUT2D eigenvalue weighted by atomic mass is 10.1. The van der Waals surface area contributed by atoms with Crippen molar-refractivity contribution in [3.05, 3.63) is 65.7 Å². The van der Waals surface area contributed by atoms with Gasteiger partial charge in [-0.3, -0.25) is 9.59 Å². The first-order valence-electron chi connectivity index (χ1n) is 8.90. The highest BCUT2D eigenvalue weighted by Gasteiger charge is 2.18. The topological polar surface area (TPSA) is 61.4 Å². The van der Waals surface area contributed by atoms with Gasteiger partial charge in [-0.1, -0.05) is 24.3 Å². The third-order valence-corrected chi connectivity index (χ3v) is 4.79. The molecule has 1 aliphatic rings. The van der Waals surface area contributed by atoms with Crippen molar-refractivity contribution in [2.45, 2.75) is 12.8 Å². The molecule has 3 aromatic carbocycles. The van der Waals surface area contributed by atoms with Crippen LogP contribution >= 0.6 is 0 Å². The molecule has 0 bridgehead atoms. The lowest BCUT2D eigenvalue weighted by molar-refractivity contribution is -0.116. The fourth-order valence-electron chi connectivity index (χ4n) is 3.35. The molecule has 0 spiro atoms. The van der Waals surface area contributed by atoms with Crippen LogP contribution in [0.1, 0.15) is 11.1 Å². The quantitative estimate of drug-likeness (QED) is 0.748. The molecular formula is C22H21N3O2. The summed E-state index contributed by atoms with van der Waals surface area (Å²) in [6.45, 7) is 0. The first-order chi connectivity index (χ1) is 13.0. The number of amides is 2. The van der Waals surface area contributed by atoms with E-state index < -0.39 is 0 Å². The fraction of sp³-hybridized carbons (Fsp3) is 0.182. The second-order valence-electron chi connectivity index (χ2n) is 7.08. The molecule has 3 aromatic rings. The van der Waals surface area contributed by atoms with Gasteiger partial charge in [0.1, 0.15) is 0 Å². The molecule has 2 N–H and O–H groups in total. The third kappa shape index (κ3) is 3.62. The van der Waals surface area contributed by atoms with E-state index in [1.807, 2.05) is 50.5 Å². The third-order valence-electron chi connectivity index (χ3n) is 4.79. The largest absolute Gasteiger partial charge is 0.378 e. The molecule has 136 valence electrons. The Morgan fingerprint density at radius 2 is 1.81 bits per heavy atom. The molecule has 0 fully saturated rings. The van der Waals surface area contributed by atoms with E-state index in [1.54, 1.807) is 0 Å². The highest BCUT2D eigenvalue weighted by Crippen LogP contribution is 2.26. The molecule has 0 atom stereocenters. The van der Waals surface area contributed by atoms with Crippen molar-refractivity contribution in [3.63, 3.8) is 0 Å². The van der Waals surface area contributed by atoms with Crippen molar-refractivity contribution in [1.29, 1.82) is 0 Å². The van der Waals surface area contributed by atoms with E-state index in [4.69, 9.17) is 0 Å². The molecule has 4 rings (SSSR count). The van der Waals surface area contributed by atoms with Gasteiger partial charge in [0.15, 0.2) is 0 Å². The minimum atomic E-state index is -0.0801. The number of carbonyl (C=O) groups is 2. The highest BCUT2D eigenvalue weighted by atomic mass is 16.2. The van der Waals surface area contributed by atoms with E-state index in [9.17, 15) is 9.59 Å². The van der Waals surface area contributed by atoms with Crippen molar-refractivity contribution < 1.29 is 9.59 Å². The molecular weight excluding hydrogens is 338 g/mol. The SMILES string of the molecule is CN(C)c1ccc2cc(NC(=O)Cc3ccc4c(c3)NC(=O)C4)ccc2c1. The van der Waals surface area contributed by atoms with E-state index in [0.29, 0.717) is 6.42 Å². The number of rotatable bonds is 4. The number of benzene rings is 3. The van der Waals surface area contributed by atoms with Crippen molar-refractivity contribution in [1.82, 2.24) is 0 Å². The second kappa shape index (κ2) is 6.76. The summed E-state index contributed by atoms with van der Waals surface area (Å²) >= 11 is 0. The molecule has 5 heteroatoms. The molecule has 1 aliphatic heterocycles. The number of anilines is 3. The molecule has 0 saturated carbocycles. The lowest BCUT2D eigenvalue weighted by Gasteiger charge is -2.13. The standard InChI is InChI=1S/C22H21N3O2/c1-25(2)19-8-6-15-11-18(7-5-16(15)12-19)23-21(26)10-14-3-4-17-13-22(27)24-20(17)9-14/h3-9,11-12H,10,13H2,1-2H3,(H,23,26)(H,24,27). The molecule has 0 aliphatic carbocycles. The number of nitrogens with zero attached hydrogens (tertiary/aromatic N) is 1. The summed E-state index contributed by atoms with van der Waals surface area (Å²) < 4.78 is 0. The van der Waals surface area contributed by atoms with Gasteiger partial charge in [-0.15, -0.1) is 0 Å². The maximum Gasteiger partial charge on any atom is 0.228 e. The van der Waals surface area contributed by atoms with Crippen molar-refractivity contribution >= 4 is 39.6 Å². The van der Waals surface area contributed by atoms with E-state index >= 15 is 0 Å². The summed E-state index contributed by atoms with van der Waals surface area (Å²) in [4.78, 5) is 25.9. The zero-order valence-electron chi connectivity index (χ0n) is 15.4. The van der Waals surface area contributed by atoms with Crippen LogP contribution in [0.25, 0.3) is 10.8 Å². The zero-order chi connectivity index (χ0) is 19.0. The van der Waals surface area contributed by atoms with Crippen LogP contribution in [-0.4, -0.2) is 25.9 Å². The van der Waals surface area contributed by atoms with Crippen LogP contribution in [-0.2, 0) is 22.4 Å². The minimum Gasteiger partial charge on any atom is -0.378 e.